The van der Waals surface area contributed by atoms with E-state index in [0.717, 1.165) is 25.4 Å². The Kier molecular flexibility index (Phi) is 4.22. The van der Waals surface area contributed by atoms with Crippen molar-refractivity contribution in [3.63, 3.8) is 0 Å². The third-order valence-corrected chi connectivity index (χ3v) is 3.99. The van der Waals surface area contributed by atoms with Crippen LogP contribution in [0.2, 0.25) is 0 Å². The first-order chi connectivity index (χ1) is 7.77. The number of nitrogens with zero attached hydrogens (tertiary/aromatic N) is 1. The molecule has 0 aromatic heterocycles. The van der Waals surface area contributed by atoms with E-state index in [-0.39, 0.29) is 6.04 Å². The number of likely N-dealkylation sites (N-methyl/N-ethyl adjacent to an activating group) is 1. The normalized spacial score (nSPS) is 26.9. The highest BCUT2D eigenvalue weighted by Gasteiger charge is 2.25. The number of amides is 1. The zero-order valence-electron chi connectivity index (χ0n) is 10.4. The molecule has 0 unspecified atom stereocenters. The van der Waals surface area contributed by atoms with Gasteiger partial charge in [0.1, 0.15) is 0 Å². The molecule has 1 aliphatic carbocycles. The summed E-state index contributed by atoms with van der Waals surface area (Å²) in [6.45, 7) is 1.98. The molecule has 1 N–H and O–H groups in total. The van der Waals surface area contributed by atoms with Crippen LogP contribution in [0.25, 0.3) is 0 Å². The van der Waals surface area contributed by atoms with Crippen molar-refractivity contribution in [3.05, 3.63) is 0 Å². The molecule has 0 bridgehead atoms. The van der Waals surface area contributed by atoms with Crippen molar-refractivity contribution in [2.75, 3.05) is 20.1 Å². The van der Waals surface area contributed by atoms with Crippen molar-refractivity contribution < 1.29 is 4.79 Å². The lowest BCUT2D eigenvalue weighted by molar-refractivity contribution is -0.133. The standard InChI is InChI=1S/C13H24N2O/c1-15(10-11-6-2-3-7-11)13(16)12-8-4-5-9-14-12/h11-12,14H,2-10H2,1H3/t12-/m1/s1. The predicted octanol–water partition coefficient (Wildman–Crippen LogP) is 1.78. The van der Waals surface area contributed by atoms with Crippen LogP contribution < -0.4 is 5.32 Å². The molecule has 2 rings (SSSR count). The monoisotopic (exact) mass is 224 g/mol. The van der Waals surface area contributed by atoms with Crippen LogP contribution in [0.4, 0.5) is 0 Å². The van der Waals surface area contributed by atoms with Gasteiger partial charge in [0.2, 0.25) is 5.91 Å². The molecule has 16 heavy (non-hydrogen) atoms. The second kappa shape index (κ2) is 5.67. The summed E-state index contributed by atoms with van der Waals surface area (Å²) in [4.78, 5) is 14.1. The quantitative estimate of drug-likeness (QED) is 0.792. The summed E-state index contributed by atoms with van der Waals surface area (Å²) >= 11 is 0. The highest BCUT2D eigenvalue weighted by Crippen LogP contribution is 2.25. The fourth-order valence-corrected chi connectivity index (χ4v) is 3.00. The molecule has 2 aliphatic rings. The summed E-state index contributed by atoms with van der Waals surface area (Å²) in [7, 11) is 1.97. The topological polar surface area (TPSA) is 32.3 Å². The van der Waals surface area contributed by atoms with Gasteiger partial charge in [-0.05, 0) is 38.1 Å². The maximum absolute atomic E-state index is 12.1. The lowest BCUT2D eigenvalue weighted by atomic mass is 10.0. The molecule has 1 amide bonds. The van der Waals surface area contributed by atoms with E-state index >= 15 is 0 Å². The van der Waals surface area contributed by atoms with Crippen LogP contribution in [0, 0.1) is 5.92 Å². The minimum absolute atomic E-state index is 0.0974. The summed E-state index contributed by atoms with van der Waals surface area (Å²) in [5.74, 6) is 1.07. The molecule has 1 saturated carbocycles. The van der Waals surface area contributed by atoms with Gasteiger partial charge in [-0.1, -0.05) is 19.3 Å². The Morgan fingerprint density at radius 1 is 1.19 bits per heavy atom. The first-order valence-corrected chi connectivity index (χ1v) is 6.76. The zero-order chi connectivity index (χ0) is 11.4. The van der Waals surface area contributed by atoms with Crippen LogP contribution in [0.15, 0.2) is 0 Å². The second-order valence-corrected chi connectivity index (χ2v) is 5.37. The minimum Gasteiger partial charge on any atom is -0.344 e. The number of rotatable bonds is 3. The molecule has 1 heterocycles. The number of carbonyl (C=O) groups excluding carboxylic acids is 1. The Labute approximate surface area is 98.6 Å². The number of hydrogen-bond acceptors (Lipinski definition) is 2. The van der Waals surface area contributed by atoms with Crippen LogP contribution in [-0.4, -0.2) is 37.0 Å². The minimum atomic E-state index is 0.0974. The first-order valence-electron chi connectivity index (χ1n) is 6.76. The van der Waals surface area contributed by atoms with E-state index in [1.807, 2.05) is 11.9 Å². The lowest BCUT2D eigenvalue weighted by Crippen LogP contribution is -2.48. The summed E-state index contributed by atoms with van der Waals surface area (Å²) in [6.07, 6.45) is 8.78. The third-order valence-electron chi connectivity index (χ3n) is 3.99. The molecular weight excluding hydrogens is 200 g/mol. The highest BCUT2D eigenvalue weighted by atomic mass is 16.2. The maximum atomic E-state index is 12.1. The Hall–Kier alpha value is -0.570. The van der Waals surface area contributed by atoms with E-state index in [4.69, 9.17) is 0 Å². The van der Waals surface area contributed by atoms with Crippen molar-refractivity contribution >= 4 is 5.91 Å². The van der Waals surface area contributed by atoms with E-state index in [1.54, 1.807) is 0 Å². The van der Waals surface area contributed by atoms with Crippen molar-refractivity contribution in [1.82, 2.24) is 10.2 Å². The molecule has 0 spiro atoms. The van der Waals surface area contributed by atoms with Gasteiger partial charge >= 0.3 is 0 Å². The van der Waals surface area contributed by atoms with E-state index in [0.29, 0.717) is 5.91 Å². The Morgan fingerprint density at radius 2 is 1.88 bits per heavy atom. The van der Waals surface area contributed by atoms with Gasteiger partial charge in [0.25, 0.3) is 0 Å². The van der Waals surface area contributed by atoms with Gasteiger partial charge in [-0.2, -0.15) is 0 Å². The SMILES string of the molecule is CN(CC1CCCC1)C(=O)[C@H]1CCCCN1. The Bertz CT molecular complexity index is 230. The van der Waals surface area contributed by atoms with Gasteiger partial charge in [-0.25, -0.2) is 0 Å². The van der Waals surface area contributed by atoms with Crippen LogP contribution in [-0.2, 0) is 4.79 Å². The summed E-state index contributed by atoms with van der Waals surface area (Å²) in [5, 5.41) is 3.33. The Balaban J connectivity index is 1.78. The second-order valence-electron chi connectivity index (χ2n) is 5.37. The van der Waals surface area contributed by atoms with Crippen LogP contribution in [0.3, 0.4) is 0 Å². The predicted molar refractivity (Wildman–Crippen MR) is 65.2 cm³/mol. The smallest absolute Gasteiger partial charge is 0.239 e. The number of hydrogen-bond donors (Lipinski definition) is 1. The zero-order valence-corrected chi connectivity index (χ0v) is 10.4. The van der Waals surface area contributed by atoms with Crippen LogP contribution in [0.5, 0.6) is 0 Å². The molecule has 1 aliphatic heterocycles. The van der Waals surface area contributed by atoms with Crippen molar-refractivity contribution in [2.24, 2.45) is 5.92 Å². The van der Waals surface area contributed by atoms with E-state index in [9.17, 15) is 4.79 Å². The molecule has 0 aromatic rings. The average molecular weight is 224 g/mol. The van der Waals surface area contributed by atoms with Gasteiger partial charge in [-0.3, -0.25) is 4.79 Å². The molecular formula is C13H24N2O. The molecule has 92 valence electrons. The van der Waals surface area contributed by atoms with Crippen molar-refractivity contribution in [3.8, 4) is 0 Å². The molecule has 1 saturated heterocycles. The molecule has 0 aromatic carbocycles. The molecule has 2 fully saturated rings. The molecule has 1 atom stereocenters. The summed E-state index contributed by atoms with van der Waals surface area (Å²) in [5.41, 5.74) is 0. The highest BCUT2D eigenvalue weighted by molar-refractivity contribution is 5.81. The number of piperidine rings is 1. The third kappa shape index (κ3) is 2.97. The number of nitrogens with one attached hydrogen (secondary N) is 1. The molecule has 0 radical (unpaired) electrons. The van der Waals surface area contributed by atoms with Gasteiger partial charge in [-0.15, -0.1) is 0 Å². The average Bonchev–Trinajstić information content (AvgIpc) is 2.82. The van der Waals surface area contributed by atoms with E-state index in [2.05, 4.69) is 5.32 Å². The van der Waals surface area contributed by atoms with Crippen molar-refractivity contribution in [1.29, 1.82) is 0 Å². The molecule has 3 nitrogen and oxygen atoms in total. The summed E-state index contributed by atoms with van der Waals surface area (Å²) in [6, 6.07) is 0.0974. The Morgan fingerprint density at radius 3 is 2.50 bits per heavy atom. The maximum Gasteiger partial charge on any atom is 0.239 e. The van der Waals surface area contributed by atoms with Crippen LogP contribution >= 0.6 is 0 Å². The lowest BCUT2D eigenvalue weighted by Gasteiger charge is -2.29. The van der Waals surface area contributed by atoms with Gasteiger partial charge in [0, 0.05) is 13.6 Å². The number of carbonyl (C=O) groups is 1. The summed E-state index contributed by atoms with van der Waals surface area (Å²) < 4.78 is 0. The van der Waals surface area contributed by atoms with Gasteiger partial charge in [0.15, 0.2) is 0 Å². The van der Waals surface area contributed by atoms with Crippen LogP contribution in [0.1, 0.15) is 44.9 Å². The fraction of sp³-hybridized carbons (Fsp3) is 0.923. The molecule has 3 heteroatoms. The van der Waals surface area contributed by atoms with Gasteiger partial charge in [0.05, 0.1) is 6.04 Å². The van der Waals surface area contributed by atoms with E-state index in [1.165, 1.54) is 38.5 Å². The van der Waals surface area contributed by atoms with Gasteiger partial charge < -0.3 is 10.2 Å². The van der Waals surface area contributed by atoms with E-state index < -0.39 is 0 Å². The first kappa shape index (κ1) is 11.9. The largest absolute Gasteiger partial charge is 0.344 e. The fourth-order valence-electron chi connectivity index (χ4n) is 3.00. The van der Waals surface area contributed by atoms with Crippen molar-refractivity contribution in [2.45, 2.75) is 51.0 Å².